The van der Waals surface area contributed by atoms with Gasteiger partial charge in [0.15, 0.2) is 0 Å². The highest BCUT2D eigenvalue weighted by molar-refractivity contribution is 7.21. The van der Waals surface area contributed by atoms with Crippen LogP contribution < -0.4 is 11.1 Å². The fourth-order valence-corrected chi connectivity index (χ4v) is 5.11. The minimum atomic E-state index is -2.80. The number of hydrogen-bond donors (Lipinski definition) is 2. The molecule has 0 bridgehead atoms. The molecule has 0 atom stereocenters. The molecule has 0 aromatic carbocycles. The van der Waals surface area contributed by atoms with Crippen molar-refractivity contribution in [3.63, 3.8) is 0 Å². The number of aromatic nitrogens is 3. The summed E-state index contributed by atoms with van der Waals surface area (Å²) in [5, 5.41) is 7.38. The van der Waals surface area contributed by atoms with Crippen LogP contribution in [0.25, 0.3) is 20.7 Å². The Morgan fingerprint density at radius 2 is 2.10 bits per heavy atom. The number of carbonyl (C=O) groups is 2. The number of carbonyl (C=O) groups excluding carboxylic acids is 2. The Morgan fingerprint density at radius 1 is 1.32 bits per heavy atom. The van der Waals surface area contributed by atoms with Gasteiger partial charge in [-0.1, -0.05) is 11.6 Å². The lowest BCUT2D eigenvalue weighted by molar-refractivity contribution is -0.116. The standard InChI is InChI=1S/C19H14ClF2N5O2S2/c1-8-2-3-12(30-8)10-4-11(17(21)22)25-19-14(10)15(16(31-19)18(23)29)26-13(28)7-27-6-9(20)5-24-27/h2-6,17H,7H2,1H3,(H2,23,29)(H,26,28). The van der Waals surface area contributed by atoms with E-state index >= 15 is 0 Å². The Balaban J connectivity index is 1.87. The van der Waals surface area contributed by atoms with Crippen LogP contribution in [0.1, 0.15) is 26.7 Å². The van der Waals surface area contributed by atoms with E-state index in [4.69, 9.17) is 17.3 Å². The van der Waals surface area contributed by atoms with Gasteiger partial charge in [0, 0.05) is 26.9 Å². The summed E-state index contributed by atoms with van der Waals surface area (Å²) in [5.41, 5.74) is 5.68. The summed E-state index contributed by atoms with van der Waals surface area (Å²) in [5.74, 6) is -1.29. The number of thiophene rings is 2. The maximum absolute atomic E-state index is 13.5. The molecule has 0 fully saturated rings. The number of alkyl halides is 2. The Morgan fingerprint density at radius 3 is 2.68 bits per heavy atom. The van der Waals surface area contributed by atoms with Crippen molar-refractivity contribution in [2.45, 2.75) is 19.9 Å². The highest BCUT2D eigenvalue weighted by Gasteiger charge is 2.25. The zero-order chi connectivity index (χ0) is 22.3. The number of nitrogens with zero attached hydrogens (tertiary/aromatic N) is 3. The van der Waals surface area contributed by atoms with Gasteiger partial charge in [0.2, 0.25) is 5.91 Å². The number of pyridine rings is 1. The lowest BCUT2D eigenvalue weighted by atomic mass is 10.1. The van der Waals surface area contributed by atoms with Crippen LogP contribution in [0.3, 0.4) is 0 Å². The van der Waals surface area contributed by atoms with E-state index in [-0.39, 0.29) is 21.9 Å². The Labute approximate surface area is 187 Å². The average Bonchev–Trinajstić information content (AvgIpc) is 3.40. The third kappa shape index (κ3) is 4.29. The summed E-state index contributed by atoms with van der Waals surface area (Å²) < 4.78 is 28.3. The van der Waals surface area contributed by atoms with E-state index < -0.39 is 23.9 Å². The van der Waals surface area contributed by atoms with E-state index in [1.54, 1.807) is 6.07 Å². The summed E-state index contributed by atoms with van der Waals surface area (Å²) in [7, 11) is 0. The van der Waals surface area contributed by atoms with Crippen molar-refractivity contribution in [3.05, 3.63) is 51.1 Å². The molecule has 4 heterocycles. The molecule has 0 spiro atoms. The van der Waals surface area contributed by atoms with E-state index in [0.717, 1.165) is 16.2 Å². The molecule has 0 unspecified atom stereocenters. The molecule has 4 rings (SSSR count). The van der Waals surface area contributed by atoms with Crippen LogP contribution in [-0.4, -0.2) is 26.6 Å². The normalized spacial score (nSPS) is 11.4. The summed E-state index contributed by atoms with van der Waals surface area (Å²) >= 11 is 8.08. The quantitative estimate of drug-likeness (QED) is 0.410. The maximum Gasteiger partial charge on any atom is 0.280 e. The largest absolute Gasteiger partial charge is 0.365 e. The molecular formula is C19H14ClF2N5O2S2. The summed E-state index contributed by atoms with van der Waals surface area (Å²) in [6, 6.07) is 4.93. The second kappa shape index (κ2) is 8.33. The molecule has 4 aromatic rings. The van der Waals surface area contributed by atoms with E-state index in [0.29, 0.717) is 20.8 Å². The minimum Gasteiger partial charge on any atom is -0.365 e. The van der Waals surface area contributed by atoms with Gasteiger partial charge in [-0.3, -0.25) is 14.3 Å². The van der Waals surface area contributed by atoms with Gasteiger partial charge in [-0.15, -0.1) is 22.7 Å². The number of aryl methyl sites for hydroxylation is 1. The summed E-state index contributed by atoms with van der Waals surface area (Å²) in [6.45, 7) is 1.72. The molecule has 0 radical (unpaired) electrons. The van der Waals surface area contributed by atoms with E-state index in [1.165, 1.54) is 34.5 Å². The second-order valence-electron chi connectivity index (χ2n) is 6.56. The van der Waals surface area contributed by atoms with Gasteiger partial charge in [-0.05, 0) is 25.1 Å². The first kappa shape index (κ1) is 21.3. The number of fused-ring (bicyclic) bond motifs is 1. The van der Waals surface area contributed by atoms with Crippen LogP contribution in [0.5, 0.6) is 0 Å². The highest BCUT2D eigenvalue weighted by Crippen LogP contribution is 2.44. The van der Waals surface area contributed by atoms with Crippen LogP contribution in [0.4, 0.5) is 14.5 Å². The van der Waals surface area contributed by atoms with Crippen LogP contribution in [-0.2, 0) is 11.3 Å². The number of amides is 2. The van der Waals surface area contributed by atoms with Crippen molar-refractivity contribution in [1.82, 2.24) is 14.8 Å². The van der Waals surface area contributed by atoms with Crippen LogP contribution in [0.2, 0.25) is 5.02 Å². The minimum absolute atomic E-state index is 0.0234. The van der Waals surface area contributed by atoms with Gasteiger partial charge in [0.05, 0.1) is 16.9 Å². The highest BCUT2D eigenvalue weighted by atomic mass is 35.5. The molecule has 4 aromatic heterocycles. The molecule has 31 heavy (non-hydrogen) atoms. The lowest BCUT2D eigenvalue weighted by Gasteiger charge is -2.10. The first-order chi connectivity index (χ1) is 14.7. The van der Waals surface area contributed by atoms with Crippen molar-refractivity contribution in [2.75, 3.05) is 5.32 Å². The number of hydrogen-bond acceptors (Lipinski definition) is 6. The van der Waals surface area contributed by atoms with Crippen LogP contribution in [0.15, 0.2) is 30.6 Å². The predicted molar refractivity (Wildman–Crippen MR) is 117 cm³/mol. The fourth-order valence-electron chi connectivity index (χ4n) is 3.05. The third-order valence-electron chi connectivity index (χ3n) is 4.31. The van der Waals surface area contributed by atoms with Crippen molar-refractivity contribution in [1.29, 1.82) is 0 Å². The van der Waals surface area contributed by atoms with Gasteiger partial charge in [0.1, 0.15) is 21.9 Å². The van der Waals surface area contributed by atoms with Gasteiger partial charge in [-0.2, -0.15) is 5.10 Å². The number of primary amides is 1. The number of anilines is 1. The molecule has 2 amide bonds. The molecule has 3 N–H and O–H groups in total. The molecule has 0 aliphatic carbocycles. The topological polar surface area (TPSA) is 103 Å². The van der Waals surface area contributed by atoms with Crippen molar-refractivity contribution in [3.8, 4) is 10.4 Å². The monoisotopic (exact) mass is 481 g/mol. The Kier molecular flexibility index (Phi) is 5.73. The molecule has 7 nitrogen and oxygen atoms in total. The number of nitrogens with one attached hydrogen (secondary N) is 1. The molecule has 0 aliphatic rings. The van der Waals surface area contributed by atoms with Crippen LogP contribution >= 0.6 is 34.3 Å². The average molecular weight is 482 g/mol. The number of nitrogens with two attached hydrogens (primary N) is 1. The van der Waals surface area contributed by atoms with Crippen molar-refractivity contribution >= 4 is 62.0 Å². The molecule has 0 saturated heterocycles. The number of rotatable bonds is 6. The molecule has 160 valence electrons. The summed E-state index contributed by atoms with van der Waals surface area (Å²) in [6.07, 6.45) is 0.0560. The van der Waals surface area contributed by atoms with Gasteiger partial charge in [0.25, 0.3) is 12.3 Å². The van der Waals surface area contributed by atoms with Gasteiger partial charge >= 0.3 is 0 Å². The van der Waals surface area contributed by atoms with Crippen LogP contribution in [0, 0.1) is 6.92 Å². The second-order valence-corrected chi connectivity index (χ2v) is 9.28. The first-order valence-corrected chi connectivity index (χ1v) is 10.8. The fraction of sp³-hybridized carbons (Fsp3) is 0.158. The third-order valence-corrected chi connectivity index (χ3v) is 6.63. The van der Waals surface area contributed by atoms with Crippen molar-refractivity contribution < 1.29 is 18.4 Å². The smallest absolute Gasteiger partial charge is 0.280 e. The Bertz CT molecular complexity index is 1310. The van der Waals surface area contributed by atoms with E-state index in [9.17, 15) is 18.4 Å². The zero-order valence-electron chi connectivity index (χ0n) is 15.9. The number of halogens is 3. The lowest BCUT2D eigenvalue weighted by Crippen LogP contribution is -2.21. The zero-order valence-corrected chi connectivity index (χ0v) is 18.2. The molecular weight excluding hydrogens is 468 g/mol. The van der Waals surface area contributed by atoms with Crippen molar-refractivity contribution in [2.24, 2.45) is 5.73 Å². The predicted octanol–water partition coefficient (Wildman–Crippen LogP) is 4.86. The van der Waals surface area contributed by atoms with Gasteiger partial charge in [-0.25, -0.2) is 13.8 Å². The maximum atomic E-state index is 13.5. The summed E-state index contributed by atoms with van der Waals surface area (Å²) in [4.78, 5) is 30.6. The van der Waals surface area contributed by atoms with E-state index in [1.807, 2.05) is 13.0 Å². The van der Waals surface area contributed by atoms with E-state index in [2.05, 4.69) is 15.4 Å². The SMILES string of the molecule is Cc1ccc(-c2cc(C(F)F)nc3sc(C(N)=O)c(NC(=O)Cn4cc(Cl)cn4)c23)s1. The first-order valence-electron chi connectivity index (χ1n) is 8.83. The Hall–Kier alpha value is -2.89. The van der Waals surface area contributed by atoms with Gasteiger partial charge < -0.3 is 11.1 Å². The molecule has 0 aliphatic heterocycles. The molecule has 12 heteroatoms. The molecule has 0 saturated carbocycles.